The van der Waals surface area contributed by atoms with Crippen LogP contribution in [0.1, 0.15) is 10.4 Å². The van der Waals surface area contributed by atoms with E-state index in [1.807, 2.05) is 0 Å². The van der Waals surface area contributed by atoms with Crippen molar-refractivity contribution in [3.05, 3.63) is 87.9 Å². The first kappa shape index (κ1) is 24.6. The summed E-state index contributed by atoms with van der Waals surface area (Å²) in [6.07, 6.45) is 0. The highest BCUT2D eigenvalue weighted by molar-refractivity contribution is 7.92. The topological polar surface area (TPSA) is 107 Å². The number of ether oxygens (including phenoxy) is 1. The van der Waals surface area contributed by atoms with Gasteiger partial charge in [0.05, 0.1) is 22.2 Å². The molecule has 0 saturated carbocycles. The van der Waals surface area contributed by atoms with E-state index < -0.39 is 27.7 Å². The van der Waals surface area contributed by atoms with E-state index in [1.54, 1.807) is 0 Å². The minimum atomic E-state index is -3.84. The number of fused-ring (bicyclic) bond motifs is 1. The number of methoxy groups -OCH3 is 1. The number of thiazole rings is 1. The summed E-state index contributed by atoms with van der Waals surface area (Å²) in [7, 11) is -2.61. The van der Waals surface area contributed by atoms with Crippen molar-refractivity contribution in [3.8, 4) is 0 Å². The number of halogens is 2. The maximum absolute atomic E-state index is 13.7. The van der Waals surface area contributed by atoms with Crippen LogP contribution in [0.2, 0.25) is 5.02 Å². The minimum absolute atomic E-state index is 0.0356. The summed E-state index contributed by atoms with van der Waals surface area (Å²) < 4.78 is 47.8. The van der Waals surface area contributed by atoms with Crippen LogP contribution in [0.15, 0.2) is 76.6 Å². The molecule has 0 unspecified atom stereocenters. The lowest BCUT2D eigenvalue weighted by Crippen LogP contribution is -2.22. The zero-order valence-corrected chi connectivity index (χ0v) is 20.5. The lowest BCUT2D eigenvalue weighted by molar-refractivity contribution is -0.141. The van der Waals surface area contributed by atoms with E-state index in [0.29, 0.717) is 15.2 Å². The van der Waals surface area contributed by atoms with Crippen molar-refractivity contribution in [1.82, 2.24) is 4.57 Å². The van der Waals surface area contributed by atoms with Crippen molar-refractivity contribution in [2.45, 2.75) is 11.4 Å². The molecule has 4 rings (SSSR count). The lowest BCUT2D eigenvalue weighted by atomic mass is 10.2. The molecule has 0 spiro atoms. The third kappa shape index (κ3) is 5.59. The SMILES string of the molecule is COC(=O)Cn1c(=NC(=O)c2ccc(NS(=O)(=O)c3ccc(Cl)cc3)cc2)sc2cc(F)ccc21. The maximum Gasteiger partial charge on any atom is 0.325 e. The van der Waals surface area contributed by atoms with E-state index in [0.717, 1.165) is 11.3 Å². The Morgan fingerprint density at radius 1 is 1.09 bits per heavy atom. The van der Waals surface area contributed by atoms with Gasteiger partial charge in [-0.2, -0.15) is 4.99 Å². The number of carbonyl (C=O) groups excluding carboxylic acids is 2. The molecule has 1 heterocycles. The Balaban J connectivity index is 1.62. The van der Waals surface area contributed by atoms with Crippen LogP contribution in [-0.4, -0.2) is 32.0 Å². The number of anilines is 1. The summed E-state index contributed by atoms with van der Waals surface area (Å²) in [6, 6.07) is 15.4. The lowest BCUT2D eigenvalue weighted by Gasteiger charge is -2.08. The highest BCUT2D eigenvalue weighted by Crippen LogP contribution is 2.20. The third-order valence-corrected chi connectivity index (χ3v) is 7.56. The van der Waals surface area contributed by atoms with Crippen LogP contribution in [0, 0.1) is 5.82 Å². The van der Waals surface area contributed by atoms with Gasteiger partial charge in [0, 0.05) is 16.3 Å². The smallest absolute Gasteiger partial charge is 0.325 e. The van der Waals surface area contributed by atoms with Gasteiger partial charge in [0.2, 0.25) is 0 Å². The standard InChI is InChI=1S/C23H17ClFN3O5S2/c1-33-21(29)13-28-19-11-6-16(25)12-20(19)34-23(28)26-22(30)14-2-7-17(8-3-14)27-35(31,32)18-9-4-15(24)5-10-18/h2-12,27H,13H2,1H3. The molecular weight excluding hydrogens is 517 g/mol. The van der Waals surface area contributed by atoms with E-state index in [-0.39, 0.29) is 27.5 Å². The molecule has 0 aliphatic rings. The number of aromatic nitrogens is 1. The normalized spacial score (nSPS) is 12.0. The summed E-state index contributed by atoms with van der Waals surface area (Å²) in [5.41, 5.74) is 0.961. The van der Waals surface area contributed by atoms with Crippen LogP contribution in [-0.2, 0) is 26.1 Å². The highest BCUT2D eigenvalue weighted by atomic mass is 35.5. The molecule has 0 bridgehead atoms. The highest BCUT2D eigenvalue weighted by Gasteiger charge is 2.16. The zero-order chi connectivity index (χ0) is 25.2. The van der Waals surface area contributed by atoms with Gasteiger partial charge in [0.15, 0.2) is 4.80 Å². The van der Waals surface area contributed by atoms with Crippen LogP contribution in [0.3, 0.4) is 0 Å². The Labute approximate surface area is 208 Å². The summed E-state index contributed by atoms with van der Waals surface area (Å²) in [5.74, 6) is -1.64. The fourth-order valence-electron chi connectivity index (χ4n) is 3.14. The Hall–Kier alpha value is -3.54. The third-order valence-electron chi connectivity index (χ3n) is 4.86. The van der Waals surface area contributed by atoms with Gasteiger partial charge >= 0.3 is 5.97 Å². The van der Waals surface area contributed by atoms with Crippen LogP contribution in [0.4, 0.5) is 10.1 Å². The van der Waals surface area contributed by atoms with Gasteiger partial charge < -0.3 is 9.30 Å². The Morgan fingerprint density at radius 3 is 2.43 bits per heavy atom. The van der Waals surface area contributed by atoms with Gasteiger partial charge in [-0.3, -0.25) is 14.3 Å². The molecule has 4 aromatic rings. The molecule has 0 radical (unpaired) electrons. The number of hydrogen-bond acceptors (Lipinski definition) is 6. The number of carbonyl (C=O) groups is 2. The average molecular weight is 534 g/mol. The summed E-state index contributed by atoms with van der Waals surface area (Å²) in [4.78, 5) is 29.0. The number of sulfonamides is 1. The van der Waals surface area contributed by atoms with Crippen LogP contribution in [0.5, 0.6) is 0 Å². The Kier molecular flexibility index (Phi) is 7.01. The van der Waals surface area contributed by atoms with Crippen molar-refractivity contribution in [1.29, 1.82) is 0 Å². The van der Waals surface area contributed by atoms with Crippen molar-refractivity contribution < 1.29 is 27.1 Å². The van der Waals surface area contributed by atoms with Gasteiger partial charge in [-0.15, -0.1) is 0 Å². The molecule has 1 N–H and O–H groups in total. The molecule has 12 heteroatoms. The maximum atomic E-state index is 13.7. The minimum Gasteiger partial charge on any atom is -0.468 e. The van der Waals surface area contributed by atoms with Crippen LogP contribution < -0.4 is 9.52 Å². The molecule has 0 aliphatic heterocycles. The van der Waals surface area contributed by atoms with E-state index in [1.165, 1.54) is 78.4 Å². The van der Waals surface area contributed by atoms with E-state index >= 15 is 0 Å². The van der Waals surface area contributed by atoms with E-state index in [2.05, 4.69) is 9.71 Å². The van der Waals surface area contributed by atoms with Gasteiger partial charge in [-0.05, 0) is 66.7 Å². The molecule has 180 valence electrons. The van der Waals surface area contributed by atoms with Crippen molar-refractivity contribution in [3.63, 3.8) is 0 Å². The molecule has 0 fully saturated rings. The number of rotatable bonds is 6. The first-order valence-electron chi connectivity index (χ1n) is 9.99. The number of amides is 1. The average Bonchev–Trinajstić information content (AvgIpc) is 3.15. The first-order valence-corrected chi connectivity index (χ1v) is 12.7. The molecule has 35 heavy (non-hydrogen) atoms. The largest absolute Gasteiger partial charge is 0.468 e. The fraction of sp³-hybridized carbons (Fsp3) is 0.0870. The summed E-state index contributed by atoms with van der Waals surface area (Å²) in [6.45, 7) is -0.209. The van der Waals surface area contributed by atoms with Crippen molar-refractivity contribution in [2.24, 2.45) is 4.99 Å². The second-order valence-corrected chi connectivity index (χ2v) is 10.3. The number of benzene rings is 3. The Morgan fingerprint density at radius 2 is 1.77 bits per heavy atom. The van der Waals surface area contributed by atoms with Gasteiger partial charge in [0.1, 0.15) is 12.4 Å². The van der Waals surface area contributed by atoms with Crippen LogP contribution >= 0.6 is 22.9 Å². The molecular formula is C23H17ClFN3O5S2. The number of hydrogen-bond donors (Lipinski definition) is 1. The second kappa shape index (κ2) is 9.98. The molecule has 0 aliphatic carbocycles. The molecule has 3 aromatic carbocycles. The number of nitrogens with one attached hydrogen (secondary N) is 1. The first-order chi connectivity index (χ1) is 16.7. The van der Waals surface area contributed by atoms with Gasteiger partial charge in [-0.1, -0.05) is 22.9 Å². The number of nitrogens with zero attached hydrogens (tertiary/aromatic N) is 2. The molecule has 0 saturated heterocycles. The van der Waals surface area contributed by atoms with Crippen LogP contribution in [0.25, 0.3) is 10.2 Å². The predicted octanol–water partition coefficient (Wildman–Crippen LogP) is 4.21. The Bertz CT molecular complexity index is 1600. The van der Waals surface area contributed by atoms with E-state index in [4.69, 9.17) is 16.3 Å². The second-order valence-electron chi connectivity index (χ2n) is 7.21. The quantitative estimate of drug-likeness (QED) is 0.374. The van der Waals surface area contributed by atoms with Crippen molar-refractivity contribution in [2.75, 3.05) is 11.8 Å². The monoisotopic (exact) mass is 533 g/mol. The molecule has 8 nitrogen and oxygen atoms in total. The van der Waals surface area contributed by atoms with Gasteiger partial charge in [-0.25, -0.2) is 12.8 Å². The fourth-order valence-corrected chi connectivity index (χ4v) is 5.38. The summed E-state index contributed by atoms with van der Waals surface area (Å²) >= 11 is 6.85. The summed E-state index contributed by atoms with van der Waals surface area (Å²) in [5, 5.41) is 0.409. The van der Waals surface area contributed by atoms with Crippen molar-refractivity contribution >= 4 is 60.7 Å². The van der Waals surface area contributed by atoms with E-state index in [9.17, 15) is 22.4 Å². The zero-order valence-electron chi connectivity index (χ0n) is 18.1. The predicted molar refractivity (Wildman–Crippen MR) is 130 cm³/mol. The molecule has 1 amide bonds. The molecule has 0 atom stereocenters. The molecule has 1 aromatic heterocycles. The number of esters is 1. The van der Waals surface area contributed by atoms with Gasteiger partial charge in [0.25, 0.3) is 15.9 Å².